The Labute approximate surface area is 94.1 Å². The molecular formula is C11H4F3NO2. The Balaban J connectivity index is 3.41. The molecule has 3 nitrogen and oxygen atoms in total. The van der Waals surface area contributed by atoms with Crippen molar-refractivity contribution in [1.82, 2.24) is 0 Å². The van der Waals surface area contributed by atoms with Crippen LogP contribution in [0.4, 0.5) is 13.2 Å². The third-order valence-electron chi connectivity index (χ3n) is 1.82. The molecule has 86 valence electrons. The Morgan fingerprint density at radius 2 is 2.00 bits per heavy atom. The minimum absolute atomic E-state index is 0.0659. The van der Waals surface area contributed by atoms with E-state index < -0.39 is 23.3 Å². The summed E-state index contributed by atoms with van der Waals surface area (Å²) >= 11 is 0. The molecule has 0 aliphatic rings. The van der Waals surface area contributed by atoms with Gasteiger partial charge >= 0.3 is 12.1 Å². The number of aromatic carboxylic acids is 1. The summed E-state index contributed by atoms with van der Waals surface area (Å²) in [5.74, 6) is 2.43. The molecule has 0 unspecified atom stereocenters. The molecular weight excluding hydrogens is 235 g/mol. The minimum Gasteiger partial charge on any atom is -0.478 e. The fraction of sp³-hybridized carbons (Fsp3) is 0.0909. The fourth-order valence-electron chi connectivity index (χ4n) is 1.14. The van der Waals surface area contributed by atoms with Crippen molar-refractivity contribution in [2.24, 2.45) is 0 Å². The van der Waals surface area contributed by atoms with Crippen molar-refractivity contribution < 1.29 is 23.1 Å². The summed E-state index contributed by atoms with van der Waals surface area (Å²) in [5.41, 5.74) is -2.20. The zero-order valence-corrected chi connectivity index (χ0v) is 8.17. The first-order valence-electron chi connectivity index (χ1n) is 4.21. The summed E-state index contributed by atoms with van der Waals surface area (Å²) in [6.45, 7) is 0. The third kappa shape index (κ3) is 2.99. The number of benzene rings is 1. The summed E-state index contributed by atoms with van der Waals surface area (Å²) in [4.78, 5) is 10.6. The monoisotopic (exact) mass is 239 g/mol. The highest BCUT2D eigenvalue weighted by Crippen LogP contribution is 2.32. The van der Waals surface area contributed by atoms with E-state index in [-0.39, 0.29) is 5.56 Å². The number of halogens is 3. The smallest absolute Gasteiger partial charge is 0.417 e. The zero-order valence-electron chi connectivity index (χ0n) is 8.17. The molecule has 0 atom stereocenters. The van der Waals surface area contributed by atoms with Gasteiger partial charge in [-0.25, -0.2) is 4.79 Å². The van der Waals surface area contributed by atoms with Crippen molar-refractivity contribution in [3.63, 3.8) is 0 Å². The van der Waals surface area contributed by atoms with E-state index in [0.717, 1.165) is 12.1 Å². The summed E-state index contributed by atoms with van der Waals surface area (Å²) in [6.07, 6.45) is -4.78. The normalized spacial score (nSPS) is 10.0. The van der Waals surface area contributed by atoms with E-state index in [1.807, 2.05) is 5.92 Å². The van der Waals surface area contributed by atoms with Gasteiger partial charge in [-0.15, -0.1) is 0 Å². The zero-order chi connectivity index (χ0) is 13.1. The standard InChI is InChI=1S/C11H4F3NO2/c12-11(13,14)9-6-7(2-1-5-15)3-4-8(9)10(16)17/h3-4,6H,(H,16,17). The van der Waals surface area contributed by atoms with Gasteiger partial charge in [0.1, 0.15) is 0 Å². The van der Waals surface area contributed by atoms with Gasteiger partial charge in [0.2, 0.25) is 0 Å². The number of carboxylic acids is 1. The van der Waals surface area contributed by atoms with Gasteiger partial charge in [0, 0.05) is 11.5 Å². The van der Waals surface area contributed by atoms with Gasteiger partial charge in [0.25, 0.3) is 0 Å². The van der Waals surface area contributed by atoms with E-state index in [0.29, 0.717) is 6.07 Å². The number of alkyl halides is 3. The van der Waals surface area contributed by atoms with Gasteiger partial charge < -0.3 is 5.11 Å². The van der Waals surface area contributed by atoms with Crippen LogP contribution < -0.4 is 0 Å². The van der Waals surface area contributed by atoms with E-state index in [4.69, 9.17) is 10.4 Å². The van der Waals surface area contributed by atoms with Crippen molar-refractivity contribution in [3.8, 4) is 17.9 Å². The highest BCUT2D eigenvalue weighted by Gasteiger charge is 2.35. The molecule has 1 aromatic carbocycles. The van der Waals surface area contributed by atoms with Gasteiger partial charge in [-0.05, 0) is 18.2 Å². The third-order valence-corrected chi connectivity index (χ3v) is 1.82. The molecule has 6 heteroatoms. The number of nitrogens with zero attached hydrogens (tertiary/aromatic N) is 1. The Hall–Kier alpha value is -2.47. The van der Waals surface area contributed by atoms with Crippen LogP contribution in [0.1, 0.15) is 21.5 Å². The van der Waals surface area contributed by atoms with Crippen molar-refractivity contribution in [1.29, 1.82) is 5.26 Å². The van der Waals surface area contributed by atoms with E-state index in [2.05, 4.69) is 5.92 Å². The highest BCUT2D eigenvalue weighted by atomic mass is 19.4. The first-order chi connectivity index (χ1) is 7.86. The Kier molecular flexibility index (Phi) is 3.40. The maximum atomic E-state index is 12.5. The molecule has 0 amide bonds. The van der Waals surface area contributed by atoms with Crippen LogP contribution in [0.15, 0.2) is 18.2 Å². The van der Waals surface area contributed by atoms with E-state index in [1.165, 1.54) is 6.07 Å². The Bertz CT molecular complexity index is 559. The number of hydrogen-bond acceptors (Lipinski definition) is 2. The van der Waals surface area contributed by atoms with Gasteiger partial charge in [-0.3, -0.25) is 0 Å². The lowest BCUT2D eigenvalue weighted by Gasteiger charge is -2.10. The SMILES string of the molecule is N#CC#Cc1ccc(C(=O)O)c(C(F)(F)F)c1. The summed E-state index contributed by atoms with van der Waals surface area (Å²) < 4.78 is 37.6. The van der Waals surface area contributed by atoms with Gasteiger partial charge in [-0.2, -0.15) is 18.4 Å². The van der Waals surface area contributed by atoms with E-state index in [1.54, 1.807) is 0 Å². The molecule has 0 bridgehead atoms. The predicted octanol–water partition coefficient (Wildman–Crippen LogP) is 2.28. The van der Waals surface area contributed by atoms with Crippen molar-refractivity contribution >= 4 is 5.97 Å². The molecule has 0 aliphatic carbocycles. The molecule has 0 aromatic heterocycles. The second-order valence-electron chi connectivity index (χ2n) is 2.93. The average Bonchev–Trinajstić information content (AvgIpc) is 2.24. The quantitative estimate of drug-likeness (QED) is 0.764. The molecule has 0 heterocycles. The van der Waals surface area contributed by atoms with Crippen LogP contribution in [0.3, 0.4) is 0 Å². The highest BCUT2D eigenvalue weighted by molar-refractivity contribution is 5.89. The molecule has 0 aliphatic heterocycles. The predicted molar refractivity (Wildman–Crippen MR) is 50.9 cm³/mol. The second kappa shape index (κ2) is 4.58. The van der Waals surface area contributed by atoms with Crippen LogP contribution >= 0.6 is 0 Å². The topological polar surface area (TPSA) is 61.1 Å². The number of rotatable bonds is 1. The van der Waals surface area contributed by atoms with E-state index >= 15 is 0 Å². The van der Waals surface area contributed by atoms with Crippen molar-refractivity contribution in [3.05, 3.63) is 34.9 Å². The van der Waals surface area contributed by atoms with Crippen LogP contribution in [0.5, 0.6) is 0 Å². The Morgan fingerprint density at radius 3 is 2.47 bits per heavy atom. The minimum atomic E-state index is -4.78. The molecule has 1 N–H and O–H groups in total. The van der Waals surface area contributed by atoms with Crippen LogP contribution in [-0.4, -0.2) is 11.1 Å². The van der Waals surface area contributed by atoms with Crippen LogP contribution in [0.2, 0.25) is 0 Å². The number of nitriles is 1. The first kappa shape index (κ1) is 12.6. The largest absolute Gasteiger partial charge is 0.478 e. The molecule has 0 saturated carbocycles. The van der Waals surface area contributed by atoms with E-state index in [9.17, 15) is 18.0 Å². The number of carboxylic acid groups (broad SMARTS) is 1. The van der Waals surface area contributed by atoms with Gasteiger partial charge in [0.15, 0.2) is 6.07 Å². The number of hydrogen-bond donors (Lipinski definition) is 1. The summed E-state index contributed by atoms with van der Waals surface area (Å²) in [5, 5.41) is 16.8. The maximum Gasteiger partial charge on any atom is 0.417 e. The lowest BCUT2D eigenvalue weighted by Crippen LogP contribution is -2.13. The lowest BCUT2D eigenvalue weighted by atomic mass is 10.0. The maximum absolute atomic E-state index is 12.5. The van der Waals surface area contributed by atoms with Crippen molar-refractivity contribution in [2.75, 3.05) is 0 Å². The molecule has 0 saturated heterocycles. The van der Waals surface area contributed by atoms with Crippen LogP contribution in [0.25, 0.3) is 0 Å². The molecule has 1 aromatic rings. The fourth-order valence-corrected chi connectivity index (χ4v) is 1.14. The average molecular weight is 239 g/mol. The molecule has 17 heavy (non-hydrogen) atoms. The molecule has 1 rings (SSSR count). The summed E-state index contributed by atoms with van der Waals surface area (Å²) in [7, 11) is 0. The Morgan fingerprint density at radius 1 is 1.35 bits per heavy atom. The molecule has 0 spiro atoms. The van der Waals surface area contributed by atoms with Crippen molar-refractivity contribution in [2.45, 2.75) is 6.18 Å². The summed E-state index contributed by atoms with van der Waals surface area (Å²) in [6, 6.07) is 3.98. The van der Waals surface area contributed by atoms with Crippen LogP contribution in [0, 0.1) is 23.2 Å². The first-order valence-corrected chi connectivity index (χ1v) is 4.21. The van der Waals surface area contributed by atoms with Gasteiger partial charge in [0.05, 0.1) is 11.1 Å². The van der Waals surface area contributed by atoms with Crippen LogP contribution in [-0.2, 0) is 6.18 Å². The molecule has 0 fully saturated rings. The molecule has 0 radical (unpaired) electrons. The second-order valence-corrected chi connectivity index (χ2v) is 2.93. The number of carbonyl (C=O) groups is 1. The lowest BCUT2D eigenvalue weighted by molar-refractivity contribution is -0.138. The van der Waals surface area contributed by atoms with Gasteiger partial charge in [-0.1, -0.05) is 5.92 Å².